The van der Waals surface area contributed by atoms with Crippen molar-refractivity contribution in [3.05, 3.63) is 30.1 Å². The van der Waals surface area contributed by atoms with Gasteiger partial charge in [-0.25, -0.2) is 4.39 Å². The third kappa shape index (κ3) is 5.18. The van der Waals surface area contributed by atoms with Crippen LogP contribution in [0.15, 0.2) is 24.3 Å². The molecule has 1 amide bonds. The lowest BCUT2D eigenvalue weighted by molar-refractivity contribution is -0.125. The van der Waals surface area contributed by atoms with Crippen molar-refractivity contribution in [2.24, 2.45) is 0 Å². The summed E-state index contributed by atoms with van der Waals surface area (Å²) in [4.78, 5) is 16.6. The van der Waals surface area contributed by atoms with Crippen LogP contribution in [0.25, 0.3) is 0 Å². The Kier molecular flexibility index (Phi) is 6.80. The van der Waals surface area contributed by atoms with Crippen LogP contribution in [0.4, 0.5) is 10.1 Å². The second-order valence-electron chi connectivity index (χ2n) is 5.82. The summed E-state index contributed by atoms with van der Waals surface area (Å²) in [6.45, 7) is 9.73. The Morgan fingerprint density at radius 2 is 1.83 bits per heavy atom. The summed E-state index contributed by atoms with van der Waals surface area (Å²) in [5.74, 6) is -0.131. The van der Waals surface area contributed by atoms with E-state index in [1.165, 1.54) is 12.1 Å². The molecule has 0 saturated carbocycles. The van der Waals surface area contributed by atoms with Gasteiger partial charge in [0.1, 0.15) is 5.82 Å². The highest BCUT2D eigenvalue weighted by atomic mass is 19.1. The lowest BCUT2D eigenvalue weighted by Crippen LogP contribution is -2.54. The average molecular weight is 322 g/mol. The molecule has 0 bridgehead atoms. The Hall–Kier alpha value is -1.66. The molecule has 6 heteroatoms. The molecule has 0 aromatic heterocycles. The molecule has 2 rings (SSSR count). The van der Waals surface area contributed by atoms with E-state index in [-0.39, 0.29) is 17.8 Å². The first-order chi connectivity index (χ1) is 11.1. The third-order valence-electron chi connectivity index (χ3n) is 4.28. The van der Waals surface area contributed by atoms with E-state index < -0.39 is 0 Å². The average Bonchev–Trinajstić information content (AvgIpc) is 2.59. The molecular weight excluding hydrogens is 295 g/mol. The molecular formula is C17H27FN4O. The fourth-order valence-electron chi connectivity index (χ4n) is 2.78. The summed E-state index contributed by atoms with van der Waals surface area (Å²) in [5, 5.41) is 6.15. The van der Waals surface area contributed by atoms with Crippen molar-refractivity contribution in [2.45, 2.75) is 19.9 Å². The van der Waals surface area contributed by atoms with Crippen LogP contribution in [0.3, 0.4) is 0 Å². The van der Waals surface area contributed by atoms with Gasteiger partial charge in [0, 0.05) is 45.0 Å². The topological polar surface area (TPSA) is 47.6 Å². The molecule has 2 N–H and O–H groups in total. The van der Waals surface area contributed by atoms with Crippen LogP contribution in [0.1, 0.15) is 13.8 Å². The van der Waals surface area contributed by atoms with Gasteiger partial charge in [-0.2, -0.15) is 0 Å². The minimum Gasteiger partial charge on any atom is -0.369 e. The van der Waals surface area contributed by atoms with E-state index in [9.17, 15) is 9.18 Å². The summed E-state index contributed by atoms with van der Waals surface area (Å²) < 4.78 is 13.0. The molecule has 0 spiro atoms. The molecule has 1 atom stereocenters. The zero-order chi connectivity index (χ0) is 16.7. The van der Waals surface area contributed by atoms with Crippen LogP contribution in [0.2, 0.25) is 0 Å². The molecule has 1 aliphatic rings. The normalized spacial score (nSPS) is 17.1. The standard InChI is InChI=1S/C17H27FN4O/c1-3-19-8-9-20-17(23)14(2)21-10-12-22(13-11-21)16-6-4-15(18)5-7-16/h4-7,14,19H,3,8-13H2,1-2H3,(H,20,23). The Morgan fingerprint density at radius 1 is 1.17 bits per heavy atom. The van der Waals surface area contributed by atoms with E-state index in [0.717, 1.165) is 45.0 Å². The number of benzene rings is 1. The van der Waals surface area contributed by atoms with Gasteiger partial charge in [0.05, 0.1) is 6.04 Å². The van der Waals surface area contributed by atoms with E-state index in [1.807, 2.05) is 26.0 Å². The van der Waals surface area contributed by atoms with E-state index in [0.29, 0.717) is 6.54 Å². The first-order valence-electron chi connectivity index (χ1n) is 8.34. The van der Waals surface area contributed by atoms with Gasteiger partial charge in [-0.3, -0.25) is 9.69 Å². The van der Waals surface area contributed by atoms with Crippen LogP contribution in [-0.4, -0.2) is 62.7 Å². The van der Waals surface area contributed by atoms with Gasteiger partial charge in [-0.1, -0.05) is 6.92 Å². The third-order valence-corrected chi connectivity index (χ3v) is 4.28. The first kappa shape index (κ1) is 17.7. The lowest BCUT2D eigenvalue weighted by atomic mass is 10.2. The van der Waals surface area contributed by atoms with E-state index in [2.05, 4.69) is 20.4 Å². The molecule has 1 fully saturated rings. The van der Waals surface area contributed by atoms with Crippen molar-refractivity contribution < 1.29 is 9.18 Å². The van der Waals surface area contributed by atoms with Crippen LogP contribution >= 0.6 is 0 Å². The number of likely N-dealkylation sites (N-methyl/N-ethyl adjacent to an activating group) is 1. The number of hydrogen-bond acceptors (Lipinski definition) is 4. The minimum atomic E-state index is -0.213. The van der Waals surface area contributed by atoms with Crippen LogP contribution in [0.5, 0.6) is 0 Å². The number of nitrogens with zero attached hydrogens (tertiary/aromatic N) is 2. The summed E-state index contributed by atoms with van der Waals surface area (Å²) in [7, 11) is 0. The van der Waals surface area contributed by atoms with Crippen LogP contribution in [0, 0.1) is 5.82 Å². The molecule has 0 aliphatic carbocycles. The van der Waals surface area contributed by atoms with E-state index in [1.54, 1.807) is 0 Å². The SMILES string of the molecule is CCNCCNC(=O)C(C)N1CCN(c2ccc(F)cc2)CC1. The largest absolute Gasteiger partial charge is 0.369 e. The van der Waals surface area contributed by atoms with Gasteiger partial charge in [0.15, 0.2) is 0 Å². The highest BCUT2D eigenvalue weighted by Gasteiger charge is 2.25. The van der Waals surface area contributed by atoms with Gasteiger partial charge in [-0.15, -0.1) is 0 Å². The van der Waals surface area contributed by atoms with Crippen molar-refractivity contribution >= 4 is 11.6 Å². The number of nitrogens with one attached hydrogen (secondary N) is 2. The first-order valence-corrected chi connectivity index (χ1v) is 8.34. The van der Waals surface area contributed by atoms with Crippen molar-refractivity contribution in [1.82, 2.24) is 15.5 Å². The van der Waals surface area contributed by atoms with Gasteiger partial charge in [0.25, 0.3) is 0 Å². The molecule has 23 heavy (non-hydrogen) atoms. The Balaban J connectivity index is 1.76. The van der Waals surface area contributed by atoms with Crippen molar-refractivity contribution in [2.75, 3.05) is 50.7 Å². The Morgan fingerprint density at radius 3 is 2.43 bits per heavy atom. The maximum absolute atomic E-state index is 13.0. The smallest absolute Gasteiger partial charge is 0.237 e. The lowest BCUT2D eigenvalue weighted by Gasteiger charge is -2.38. The minimum absolute atomic E-state index is 0.0816. The number of rotatable bonds is 7. The molecule has 1 aromatic rings. The summed E-state index contributed by atoms with van der Waals surface area (Å²) in [6, 6.07) is 6.47. The zero-order valence-electron chi connectivity index (χ0n) is 14.0. The van der Waals surface area contributed by atoms with E-state index in [4.69, 9.17) is 0 Å². The van der Waals surface area contributed by atoms with Gasteiger partial charge in [0.2, 0.25) is 5.91 Å². The highest BCUT2D eigenvalue weighted by molar-refractivity contribution is 5.81. The van der Waals surface area contributed by atoms with Gasteiger partial charge < -0.3 is 15.5 Å². The van der Waals surface area contributed by atoms with E-state index >= 15 is 0 Å². The Bertz CT molecular complexity index is 486. The number of amides is 1. The second-order valence-corrected chi connectivity index (χ2v) is 5.82. The molecule has 1 saturated heterocycles. The quantitative estimate of drug-likeness (QED) is 0.737. The molecule has 1 aromatic carbocycles. The van der Waals surface area contributed by atoms with Crippen molar-refractivity contribution in [3.63, 3.8) is 0 Å². The number of carbonyl (C=O) groups is 1. The zero-order valence-corrected chi connectivity index (χ0v) is 14.0. The highest BCUT2D eigenvalue weighted by Crippen LogP contribution is 2.17. The monoisotopic (exact) mass is 322 g/mol. The number of piperazine rings is 1. The van der Waals surface area contributed by atoms with Crippen molar-refractivity contribution in [1.29, 1.82) is 0 Å². The molecule has 128 valence electrons. The Labute approximate surface area is 137 Å². The summed E-state index contributed by atoms with van der Waals surface area (Å²) in [5.41, 5.74) is 1.04. The number of carbonyl (C=O) groups excluding carboxylic acids is 1. The molecule has 1 aliphatic heterocycles. The fraction of sp³-hybridized carbons (Fsp3) is 0.588. The summed E-state index contributed by atoms with van der Waals surface area (Å²) in [6.07, 6.45) is 0. The number of halogens is 1. The van der Waals surface area contributed by atoms with Gasteiger partial charge in [-0.05, 0) is 37.7 Å². The number of anilines is 1. The predicted octanol–water partition coefficient (Wildman–Crippen LogP) is 1.06. The number of hydrogen-bond donors (Lipinski definition) is 2. The van der Waals surface area contributed by atoms with Crippen LogP contribution in [-0.2, 0) is 4.79 Å². The fourth-order valence-corrected chi connectivity index (χ4v) is 2.78. The summed E-state index contributed by atoms with van der Waals surface area (Å²) >= 11 is 0. The molecule has 5 nitrogen and oxygen atoms in total. The van der Waals surface area contributed by atoms with Crippen LogP contribution < -0.4 is 15.5 Å². The maximum atomic E-state index is 13.0. The van der Waals surface area contributed by atoms with Gasteiger partial charge >= 0.3 is 0 Å². The molecule has 1 heterocycles. The molecule has 0 radical (unpaired) electrons. The van der Waals surface area contributed by atoms with Crippen molar-refractivity contribution in [3.8, 4) is 0 Å². The second kappa shape index (κ2) is 8.84. The molecule has 1 unspecified atom stereocenters. The predicted molar refractivity (Wildman–Crippen MR) is 91.2 cm³/mol. The maximum Gasteiger partial charge on any atom is 0.237 e.